The molecule has 0 aliphatic carbocycles. The number of aromatic amines is 1. The van der Waals surface area contributed by atoms with Crippen molar-refractivity contribution in [1.82, 2.24) is 10.3 Å². The molecular weight excluding hydrogens is 249 g/mol. The van der Waals surface area contributed by atoms with Crippen molar-refractivity contribution in [2.45, 2.75) is 19.1 Å². The van der Waals surface area contributed by atoms with Crippen molar-refractivity contribution in [3.63, 3.8) is 0 Å². The van der Waals surface area contributed by atoms with Gasteiger partial charge in [0.1, 0.15) is 6.04 Å². The summed E-state index contributed by atoms with van der Waals surface area (Å²) < 4.78 is 43.2. The number of aromatic nitrogens is 1. The summed E-state index contributed by atoms with van der Waals surface area (Å²) in [5.41, 5.74) is 0.505. The van der Waals surface area contributed by atoms with Crippen molar-refractivity contribution in [2.24, 2.45) is 0 Å². The van der Waals surface area contributed by atoms with Gasteiger partial charge in [0.05, 0.1) is 5.52 Å². The standard InChI is InChI=1S/C11H11F3N2O2/c1-2-15-9(11(12,13)14)6-3-4-7-8(5-6)18-10(17)16-7/h3-5,9,15H,2H2,1H3,(H,16,17). The smallest absolute Gasteiger partial charge is 0.408 e. The SMILES string of the molecule is CCNC(c1ccc2[nH]c(=O)oc2c1)C(F)(F)F. The number of rotatable bonds is 3. The van der Waals surface area contributed by atoms with E-state index in [-0.39, 0.29) is 17.7 Å². The molecule has 2 N–H and O–H groups in total. The van der Waals surface area contributed by atoms with Gasteiger partial charge in [0.2, 0.25) is 0 Å². The molecule has 0 fully saturated rings. The van der Waals surface area contributed by atoms with Gasteiger partial charge in [-0.3, -0.25) is 4.98 Å². The maximum atomic E-state index is 12.8. The highest BCUT2D eigenvalue weighted by Crippen LogP contribution is 2.33. The molecule has 1 heterocycles. The monoisotopic (exact) mass is 260 g/mol. The maximum Gasteiger partial charge on any atom is 0.417 e. The van der Waals surface area contributed by atoms with Gasteiger partial charge >= 0.3 is 11.9 Å². The predicted octanol–water partition coefficient (Wildman–Crippen LogP) is 2.33. The molecular formula is C11H11F3N2O2. The predicted molar refractivity (Wildman–Crippen MR) is 59.3 cm³/mol. The van der Waals surface area contributed by atoms with Gasteiger partial charge in [-0.1, -0.05) is 13.0 Å². The van der Waals surface area contributed by atoms with Crippen molar-refractivity contribution in [3.8, 4) is 0 Å². The Bertz CT molecular complexity index is 600. The highest BCUT2D eigenvalue weighted by atomic mass is 19.4. The van der Waals surface area contributed by atoms with Crippen LogP contribution in [0.15, 0.2) is 27.4 Å². The van der Waals surface area contributed by atoms with Gasteiger partial charge in [0.15, 0.2) is 5.58 Å². The molecule has 0 radical (unpaired) electrons. The molecule has 0 saturated heterocycles. The molecule has 2 aromatic rings. The van der Waals surface area contributed by atoms with E-state index in [0.29, 0.717) is 5.52 Å². The quantitative estimate of drug-likeness (QED) is 0.890. The number of halogens is 3. The van der Waals surface area contributed by atoms with Gasteiger partial charge in [-0.15, -0.1) is 0 Å². The second-order valence-electron chi connectivity index (χ2n) is 3.80. The third-order valence-corrected chi connectivity index (χ3v) is 2.51. The van der Waals surface area contributed by atoms with Crippen LogP contribution in [0.4, 0.5) is 13.2 Å². The van der Waals surface area contributed by atoms with Crippen LogP contribution in [0.25, 0.3) is 11.1 Å². The Kier molecular flexibility index (Phi) is 3.16. The Morgan fingerprint density at radius 1 is 1.44 bits per heavy atom. The largest absolute Gasteiger partial charge is 0.417 e. The number of oxazole rings is 1. The van der Waals surface area contributed by atoms with E-state index < -0.39 is 18.0 Å². The fourth-order valence-electron chi connectivity index (χ4n) is 1.77. The van der Waals surface area contributed by atoms with E-state index in [1.165, 1.54) is 18.2 Å². The lowest BCUT2D eigenvalue weighted by molar-refractivity contribution is -0.157. The summed E-state index contributed by atoms with van der Waals surface area (Å²) in [6.07, 6.45) is -4.40. The molecule has 7 heteroatoms. The zero-order chi connectivity index (χ0) is 13.3. The zero-order valence-electron chi connectivity index (χ0n) is 9.47. The van der Waals surface area contributed by atoms with Crippen LogP contribution in [0, 0.1) is 0 Å². The van der Waals surface area contributed by atoms with E-state index in [1.807, 2.05) is 0 Å². The summed E-state index contributed by atoms with van der Waals surface area (Å²) in [6, 6.07) is 2.15. The minimum atomic E-state index is -4.40. The molecule has 0 aliphatic heterocycles. The second kappa shape index (κ2) is 4.49. The summed E-state index contributed by atoms with van der Waals surface area (Å²) in [6.45, 7) is 1.77. The lowest BCUT2D eigenvalue weighted by Crippen LogP contribution is -2.33. The Morgan fingerprint density at radius 3 is 2.78 bits per heavy atom. The van der Waals surface area contributed by atoms with Crippen molar-refractivity contribution in [2.75, 3.05) is 6.54 Å². The molecule has 0 aliphatic rings. The van der Waals surface area contributed by atoms with Crippen LogP contribution in [-0.2, 0) is 0 Å². The number of fused-ring (bicyclic) bond motifs is 1. The van der Waals surface area contributed by atoms with Crippen LogP contribution in [0.5, 0.6) is 0 Å². The van der Waals surface area contributed by atoms with Gasteiger partial charge in [0, 0.05) is 0 Å². The Hall–Kier alpha value is -1.76. The topological polar surface area (TPSA) is 58.0 Å². The summed E-state index contributed by atoms with van der Waals surface area (Å²) in [7, 11) is 0. The minimum Gasteiger partial charge on any atom is -0.408 e. The summed E-state index contributed by atoms with van der Waals surface area (Å²) in [4.78, 5) is 13.3. The zero-order valence-corrected chi connectivity index (χ0v) is 9.47. The van der Waals surface area contributed by atoms with Crippen molar-refractivity contribution in [1.29, 1.82) is 0 Å². The maximum absolute atomic E-state index is 12.8. The number of H-pyrrole nitrogens is 1. The molecule has 18 heavy (non-hydrogen) atoms. The second-order valence-corrected chi connectivity index (χ2v) is 3.80. The molecule has 0 bridgehead atoms. The first-order chi connectivity index (χ1) is 8.41. The average molecular weight is 260 g/mol. The number of hydrogen-bond donors (Lipinski definition) is 2. The fraction of sp³-hybridized carbons (Fsp3) is 0.364. The highest BCUT2D eigenvalue weighted by molar-refractivity contribution is 5.72. The molecule has 1 unspecified atom stereocenters. The summed E-state index contributed by atoms with van der Waals surface area (Å²) >= 11 is 0. The molecule has 1 aromatic heterocycles. The van der Waals surface area contributed by atoms with E-state index >= 15 is 0 Å². The first kappa shape index (κ1) is 12.7. The van der Waals surface area contributed by atoms with Gasteiger partial charge in [-0.25, -0.2) is 4.79 Å². The molecule has 1 aromatic carbocycles. The third kappa shape index (κ3) is 2.40. The van der Waals surface area contributed by atoms with Gasteiger partial charge in [0.25, 0.3) is 0 Å². The van der Waals surface area contributed by atoms with E-state index in [9.17, 15) is 18.0 Å². The van der Waals surface area contributed by atoms with Crippen LogP contribution < -0.4 is 11.1 Å². The third-order valence-electron chi connectivity index (χ3n) is 2.51. The number of alkyl halides is 3. The van der Waals surface area contributed by atoms with Crippen molar-refractivity contribution < 1.29 is 17.6 Å². The minimum absolute atomic E-state index is 0.0135. The molecule has 1 atom stereocenters. The Balaban J connectivity index is 2.47. The molecule has 0 spiro atoms. The number of hydrogen-bond acceptors (Lipinski definition) is 3. The highest BCUT2D eigenvalue weighted by Gasteiger charge is 2.40. The normalized spacial score (nSPS) is 14.0. The lowest BCUT2D eigenvalue weighted by atomic mass is 10.1. The van der Waals surface area contributed by atoms with Crippen molar-refractivity contribution >= 4 is 11.1 Å². The van der Waals surface area contributed by atoms with E-state index in [0.717, 1.165) is 0 Å². The Morgan fingerprint density at radius 2 is 2.17 bits per heavy atom. The van der Waals surface area contributed by atoms with E-state index in [4.69, 9.17) is 4.42 Å². The number of benzene rings is 1. The fourth-order valence-corrected chi connectivity index (χ4v) is 1.77. The van der Waals surface area contributed by atoms with Crippen LogP contribution in [-0.4, -0.2) is 17.7 Å². The average Bonchev–Trinajstić information content (AvgIpc) is 2.63. The number of nitrogens with one attached hydrogen (secondary N) is 2. The van der Waals surface area contributed by atoms with E-state index in [1.54, 1.807) is 6.92 Å². The Labute approximate surface area is 99.8 Å². The van der Waals surface area contributed by atoms with Gasteiger partial charge in [-0.05, 0) is 24.2 Å². The lowest BCUT2D eigenvalue weighted by Gasteiger charge is -2.21. The molecule has 98 valence electrons. The molecule has 0 amide bonds. The summed E-state index contributed by atoms with van der Waals surface area (Å²) in [5.74, 6) is -0.686. The first-order valence-corrected chi connectivity index (χ1v) is 5.34. The van der Waals surface area contributed by atoms with Crippen LogP contribution in [0.2, 0.25) is 0 Å². The van der Waals surface area contributed by atoms with Gasteiger partial charge < -0.3 is 9.73 Å². The van der Waals surface area contributed by atoms with Gasteiger partial charge in [-0.2, -0.15) is 13.2 Å². The molecule has 2 rings (SSSR count). The first-order valence-electron chi connectivity index (χ1n) is 5.34. The van der Waals surface area contributed by atoms with Crippen LogP contribution in [0.1, 0.15) is 18.5 Å². The van der Waals surface area contributed by atoms with Crippen molar-refractivity contribution in [3.05, 3.63) is 34.3 Å². The summed E-state index contributed by atoms with van der Waals surface area (Å²) in [5, 5.41) is 2.36. The van der Waals surface area contributed by atoms with Crippen LogP contribution in [0.3, 0.4) is 0 Å². The van der Waals surface area contributed by atoms with E-state index in [2.05, 4.69) is 10.3 Å². The molecule has 0 saturated carbocycles. The molecule has 4 nitrogen and oxygen atoms in total. The van der Waals surface area contributed by atoms with Crippen LogP contribution >= 0.6 is 0 Å².